The van der Waals surface area contributed by atoms with Gasteiger partial charge in [-0.1, -0.05) is 6.07 Å². The molecule has 1 aromatic rings. The van der Waals surface area contributed by atoms with Crippen molar-refractivity contribution < 1.29 is 9.90 Å². The lowest BCUT2D eigenvalue weighted by molar-refractivity contribution is -0.125. The fourth-order valence-electron chi connectivity index (χ4n) is 0.974. The topological polar surface area (TPSA) is 100 Å². The predicted octanol–water partition coefficient (Wildman–Crippen LogP) is -0.619. The maximum atomic E-state index is 10.5. The van der Waals surface area contributed by atoms with E-state index in [0.717, 1.165) is 0 Å². The molecule has 1 unspecified atom stereocenters. The molecule has 0 radical (unpaired) electrons. The van der Waals surface area contributed by atoms with Gasteiger partial charge in [-0.15, -0.1) is 0 Å². The summed E-state index contributed by atoms with van der Waals surface area (Å²) in [7, 11) is 1.75. The first-order valence-electron chi connectivity index (χ1n) is 4.49. The number of rotatable bonds is 5. The van der Waals surface area contributed by atoms with E-state index in [1.807, 2.05) is 0 Å². The van der Waals surface area contributed by atoms with Gasteiger partial charge in [0.25, 0.3) is 0 Å². The highest BCUT2D eigenvalue weighted by Gasteiger charge is 2.09. The van der Waals surface area contributed by atoms with Crippen LogP contribution >= 0.6 is 0 Å². The molecule has 0 fully saturated rings. The number of anilines is 2. The Morgan fingerprint density at radius 2 is 2.27 bits per heavy atom. The van der Waals surface area contributed by atoms with Gasteiger partial charge in [0.1, 0.15) is 17.7 Å². The Labute approximate surface area is 87.5 Å². The summed E-state index contributed by atoms with van der Waals surface area (Å²) in [5, 5.41) is 14.8. The highest BCUT2D eigenvalue weighted by molar-refractivity contribution is 5.79. The molecule has 1 heterocycles. The van der Waals surface area contributed by atoms with E-state index < -0.39 is 12.0 Å². The molecule has 0 bridgehead atoms. The molecule has 0 aliphatic carbocycles. The first kappa shape index (κ1) is 11.3. The zero-order valence-corrected chi connectivity index (χ0v) is 8.40. The zero-order valence-electron chi connectivity index (χ0n) is 8.40. The summed E-state index contributed by atoms with van der Waals surface area (Å²) in [5.41, 5.74) is 4.89. The van der Waals surface area contributed by atoms with Gasteiger partial charge >= 0.3 is 0 Å². The minimum Gasteiger partial charge on any atom is -0.381 e. The van der Waals surface area contributed by atoms with E-state index in [1.165, 1.54) is 0 Å². The largest absolute Gasteiger partial charge is 0.381 e. The Hall–Kier alpha value is -1.82. The summed E-state index contributed by atoms with van der Waals surface area (Å²) < 4.78 is 0. The summed E-state index contributed by atoms with van der Waals surface area (Å²) in [6, 6.07) is 5.34. The van der Waals surface area contributed by atoms with E-state index in [0.29, 0.717) is 11.6 Å². The van der Waals surface area contributed by atoms with Crippen LogP contribution in [0.4, 0.5) is 11.6 Å². The lowest BCUT2D eigenvalue weighted by Gasteiger charge is -2.09. The van der Waals surface area contributed by atoms with Crippen molar-refractivity contribution >= 4 is 17.5 Å². The van der Waals surface area contributed by atoms with Crippen molar-refractivity contribution in [1.82, 2.24) is 4.98 Å². The number of hydrogen-bond donors (Lipinski definition) is 4. The number of nitrogens with one attached hydrogen (secondary N) is 2. The van der Waals surface area contributed by atoms with Crippen molar-refractivity contribution in [2.75, 3.05) is 24.2 Å². The molecule has 0 aliphatic heterocycles. The van der Waals surface area contributed by atoms with Crippen LogP contribution in [0.5, 0.6) is 0 Å². The molecule has 1 aromatic heterocycles. The van der Waals surface area contributed by atoms with Gasteiger partial charge in [-0.25, -0.2) is 4.98 Å². The Morgan fingerprint density at radius 3 is 2.87 bits per heavy atom. The molecule has 0 spiro atoms. The van der Waals surface area contributed by atoms with Gasteiger partial charge in [0, 0.05) is 7.05 Å². The van der Waals surface area contributed by atoms with E-state index >= 15 is 0 Å². The smallest absolute Gasteiger partial charge is 0.248 e. The van der Waals surface area contributed by atoms with Gasteiger partial charge in [0.05, 0.1) is 6.54 Å². The Balaban J connectivity index is 2.53. The summed E-state index contributed by atoms with van der Waals surface area (Å²) in [5.74, 6) is 0.517. The second-order valence-corrected chi connectivity index (χ2v) is 2.96. The average molecular weight is 210 g/mol. The standard InChI is InChI=1S/C9H14N4O2/c1-11-7-3-2-4-8(13-7)12-5-6(14)9(10)15/h2-4,6,14H,5H2,1H3,(H2,10,15)(H2,11,12,13). The minimum atomic E-state index is -1.20. The van der Waals surface area contributed by atoms with Crippen molar-refractivity contribution in [2.45, 2.75) is 6.10 Å². The molecule has 0 aromatic carbocycles. The summed E-state index contributed by atoms with van der Waals surface area (Å²) >= 11 is 0. The molecule has 82 valence electrons. The number of carbonyl (C=O) groups is 1. The third-order valence-corrected chi connectivity index (χ3v) is 1.81. The fourth-order valence-corrected chi connectivity index (χ4v) is 0.974. The van der Waals surface area contributed by atoms with E-state index in [2.05, 4.69) is 15.6 Å². The number of hydrogen-bond acceptors (Lipinski definition) is 5. The van der Waals surface area contributed by atoms with Crippen molar-refractivity contribution in [1.29, 1.82) is 0 Å². The zero-order chi connectivity index (χ0) is 11.3. The number of amides is 1. The van der Waals surface area contributed by atoms with Crippen LogP contribution in [0.3, 0.4) is 0 Å². The molecule has 0 saturated heterocycles. The summed E-state index contributed by atoms with van der Waals surface area (Å²) in [4.78, 5) is 14.7. The highest BCUT2D eigenvalue weighted by Crippen LogP contribution is 2.07. The van der Waals surface area contributed by atoms with E-state index in [1.54, 1.807) is 25.2 Å². The fraction of sp³-hybridized carbons (Fsp3) is 0.333. The third kappa shape index (κ3) is 3.43. The number of nitrogens with two attached hydrogens (primary N) is 1. The van der Waals surface area contributed by atoms with Gasteiger partial charge < -0.3 is 21.5 Å². The van der Waals surface area contributed by atoms with Gasteiger partial charge in [-0.2, -0.15) is 0 Å². The molecule has 0 aliphatic rings. The van der Waals surface area contributed by atoms with Crippen LogP contribution in [-0.4, -0.2) is 35.7 Å². The lowest BCUT2D eigenvalue weighted by atomic mass is 10.3. The number of nitrogens with zero attached hydrogens (tertiary/aromatic N) is 1. The van der Waals surface area contributed by atoms with Crippen LogP contribution in [0.15, 0.2) is 18.2 Å². The first-order chi connectivity index (χ1) is 7.13. The van der Waals surface area contributed by atoms with Gasteiger partial charge in [-0.05, 0) is 12.1 Å². The van der Waals surface area contributed by atoms with Crippen LogP contribution in [0, 0.1) is 0 Å². The molecule has 15 heavy (non-hydrogen) atoms. The second-order valence-electron chi connectivity index (χ2n) is 2.96. The number of primary amides is 1. The lowest BCUT2D eigenvalue weighted by Crippen LogP contribution is -2.34. The first-order valence-corrected chi connectivity index (χ1v) is 4.49. The van der Waals surface area contributed by atoms with Gasteiger partial charge in [-0.3, -0.25) is 4.79 Å². The Morgan fingerprint density at radius 1 is 1.60 bits per heavy atom. The van der Waals surface area contributed by atoms with Crippen molar-refractivity contribution in [3.63, 3.8) is 0 Å². The predicted molar refractivity (Wildman–Crippen MR) is 57.5 cm³/mol. The minimum absolute atomic E-state index is 0.0511. The summed E-state index contributed by atoms with van der Waals surface area (Å²) in [6.07, 6.45) is -1.20. The molecule has 1 amide bonds. The number of aliphatic hydroxyl groups is 1. The van der Waals surface area contributed by atoms with E-state index in [9.17, 15) is 4.79 Å². The van der Waals surface area contributed by atoms with Gasteiger partial charge in [0.2, 0.25) is 5.91 Å². The third-order valence-electron chi connectivity index (χ3n) is 1.81. The molecule has 5 N–H and O–H groups in total. The maximum Gasteiger partial charge on any atom is 0.248 e. The number of carbonyl (C=O) groups excluding carboxylic acids is 1. The SMILES string of the molecule is CNc1cccc(NCC(O)C(N)=O)n1. The molecular weight excluding hydrogens is 196 g/mol. The van der Waals surface area contributed by atoms with Crippen molar-refractivity contribution in [3.05, 3.63) is 18.2 Å². The Kier molecular flexibility index (Phi) is 3.87. The van der Waals surface area contributed by atoms with Crippen LogP contribution in [0.25, 0.3) is 0 Å². The number of aromatic nitrogens is 1. The number of pyridine rings is 1. The van der Waals surface area contributed by atoms with Gasteiger partial charge in [0.15, 0.2) is 0 Å². The van der Waals surface area contributed by atoms with Crippen LogP contribution < -0.4 is 16.4 Å². The van der Waals surface area contributed by atoms with Crippen LogP contribution in [0.2, 0.25) is 0 Å². The normalized spacial score (nSPS) is 11.9. The average Bonchev–Trinajstić information content (AvgIpc) is 2.26. The maximum absolute atomic E-state index is 10.5. The van der Waals surface area contributed by atoms with E-state index in [-0.39, 0.29) is 6.54 Å². The Bertz CT molecular complexity index is 343. The quantitative estimate of drug-likeness (QED) is 0.519. The molecule has 6 nitrogen and oxygen atoms in total. The number of aliphatic hydroxyl groups excluding tert-OH is 1. The molecule has 1 rings (SSSR count). The monoisotopic (exact) mass is 210 g/mol. The van der Waals surface area contributed by atoms with Crippen molar-refractivity contribution in [3.8, 4) is 0 Å². The van der Waals surface area contributed by atoms with Crippen LogP contribution in [-0.2, 0) is 4.79 Å². The molecule has 0 saturated carbocycles. The van der Waals surface area contributed by atoms with Crippen molar-refractivity contribution in [2.24, 2.45) is 5.73 Å². The highest BCUT2D eigenvalue weighted by atomic mass is 16.3. The molecular formula is C9H14N4O2. The van der Waals surface area contributed by atoms with E-state index in [4.69, 9.17) is 10.8 Å². The van der Waals surface area contributed by atoms with Crippen LogP contribution in [0.1, 0.15) is 0 Å². The second kappa shape index (κ2) is 5.16. The molecule has 6 heteroatoms. The summed E-state index contributed by atoms with van der Waals surface area (Å²) in [6.45, 7) is 0.0511. The molecule has 1 atom stereocenters.